The van der Waals surface area contributed by atoms with E-state index < -0.39 is 0 Å². The number of anilines is 1. The zero-order valence-corrected chi connectivity index (χ0v) is 8.92. The Hall–Kier alpha value is -2.56. The Morgan fingerprint density at radius 3 is 2.76 bits per heavy atom. The summed E-state index contributed by atoms with van der Waals surface area (Å²) in [6.07, 6.45) is 1.59. The number of nitrogens with two attached hydrogens (primary N) is 1. The van der Waals surface area contributed by atoms with Gasteiger partial charge in [-0.3, -0.25) is 5.10 Å². The number of aromatic amines is 1. The molecular weight excluding hydrogens is 216 g/mol. The SMILES string of the molecule is Nc1ccccc1-c1nc(-c2ccco2)n[nH]1. The summed E-state index contributed by atoms with van der Waals surface area (Å²) >= 11 is 0. The molecule has 17 heavy (non-hydrogen) atoms. The van der Waals surface area contributed by atoms with Crippen LogP contribution in [0.1, 0.15) is 0 Å². The van der Waals surface area contributed by atoms with Crippen molar-refractivity contribution >= 4 is 5.69 Å². The Bertz CT molecular complexity index is 628. The molecule has 0 atom stereocenters. The van der Waals surface area contributed by atoms with Crippen LogP contribution in [0.3, 0.4) is 0 Å². The number of nitrogen functional groups attached to an aromatic ring is 1. The van der Waals surface area contributed by atoms with Gasteiger partial charge in [0.2, 0.25) is 5.82 Å². The van der Waals surface area contributed by atoms with Crippen molar-refractivity contribution < 1.29 is 4.42 Å². The molecule has 1 aromatic carbocycles. The monoisotopic (exact) mass is 226 g/mol. The molecule has 0 spiro atoms. The summed E-state index contributed by atoms with van der Waals surface area (Å²) in [5.74, 6) is 1.78. The van der Waals surface area contributed by atoms with Gasteiger partial charge in [-0.15, -0.1) is 5.10 Å². The van der Waals surface area contributed by atoms with Crippen molar-refractivity contribution in [1.29, 1.82) is 0 Å². The molecule has 0 aliphatic rings. The van der Waals surface area contributed by atoms with E-state index in [1.807, 2.05) is 24.3 Å². The predicted molar refractivity (Wildman–Crippen MR) is 63.9 cm³/mol. The minimum Gasteiger partial charge on any atom is -0.461 e. The van der Waals surface area contributed by atoms with Crippen molar-refractivity contribution in [3.8, 4) is 23.0 Å². The molecule has 0 saturated heterocycles. The van der Waals surface area contributed by atoms with E-state index >= 15 is 0 Å². The van der Waals surface area contributed by atoms with Gasteiger partial charge in [-0.25, -0.2) is 4.98 Å². The number of aromatic nitrogens is 3. The van der Waals surface area contributed by atoms with E-state index in [0.717, 1.165) is 5.56 Å². The van der Waals surface area contributed by atoms with Crippen molar-refractivity contribution in [2.24, 2.45) is 0 Å². The maximum absolute atomic E-state index is 5.87. The zero-order valence-electron chi connectivity index (χ0n) is 8.92. The zero-order chi connectivity index (χ0) is 11.7. The van der Waals surface area contributed by atoms with Crippen LogP contribution in [0.5, 0.6) is 0 Å². The van der Waals surface area contributed by atoms with Crippen LogP contribution in [0.15, 0.2) is 47.1 Å². The highest BCUT2D eigenvalue weighted by molar-refractivity contribution is 5.71. The third-order valence-corrected chi connectivity index (χ3v) is 2.44. The van der Waals surface area contributed by atoms with E-state index in [2.05, 4.69) is 15.2 Å². The fourth-order valence-electron chi connectivity index (χ4n) is 1.61. The molecule has 0 bridgehead atoms. The van der Waals surface area contributed by atoms with Crippen LogP contribution in [0.2, 0.25) is 0 Å². The fraction of sp³-hybridized carbons (Fsp3) is 0. The topological polar surface area (TPSA) is 80.7 Å². The predicted octanol–water partition coefficient (Wildman–Crippen LogP) is 2.31. The highest BCUT2D eigenvalue weighted by Crippen LogP contribution is 2.24. The summed E-state index contributed by atoms with van der Waals surface area (Å²) in [5, 5.41) is 6.94. The summed E-state index contributed by atoms with van der Waals surface area (Å²) in [5.41, 5.74) is 7.36. The molecule has 5 heteroatoms. The largest absolute Gasteiger partial charge is 0.461 e. The molecule has 2 heterocycles. The fourth-order valence-corrected chi connectivity index (χ4v) is 1.61. The second-order valence-corrected chi connectivity index (χ2v) is 3.57. The van der Waals surface area contributed by atoms with Crippen LogP contribution in [0.25, 0.3) is 23.0 Å². The number of furan rings is 1. The standard InChI is InChI=1S/C12H10N4O/c13-9-5-2-1-4-8(9)11-14-12(16-15-11)10-6-3-7-17-10/h1-7H,13H2,(H,14,15,16). The van der Waals surface area contributed by atoms with Crippen molar-refractivity contribution in [2.45, 2.75) is 0 Å². The summed E-state index contributed by atoms with van der Waals surface area (Å²) in [4.78, 5) is 4.34. The van der Waals surface area contributed by atoms with E-state index in [1.165, 1.54) is 0 Å². The maximum Gasteiger partial charge on any atom is 0.217 e. The van der Waals surface area contributed by atoms with Crippen LogP contribution in [0.4, 0.5) is 5.69 Å². The first kappa shape index (κ1) is 9.65. The van der Waals surface area contributed by atoms with Gasteiger partial charge in [0.15, 0.2) is 11.6 Å². The highest BCUT2D eigenvalue weighted by atomic mass is 16.3. The third kappa shape index (κ3) is 1.67. The van der Waals surface area contributed by atoms with E-state index in [4.69, 9.17) is 10.2 Å². The van der Waals surface area contributed by atoms with Crippen LogP contribution in [-0.2, 0) is 0 Å². The minimum atomic E-state index is 0.522. The van der Waals surface area contributed by atoms with E-state index in [1.54, 1.807) is 18.4 Å². The Kier molecular flexibility index (Phi) is 2.15. The van der Waals surface area contributed by atoms with Crippen molar-refractivity contribution in [1.82, 2.24) is 15.2 Å². The number of hydrogen-bond acceptors (Lipinski definition) is 4. The molecule has 0 aliphatic heterocycles. The second-order valence-electron chi connectivity index (χ2n) is 3.57. The molecule has 84 valence electrons. The lowest BCUT2D eigenvalue weighted by Crippen LogP contribution is -1.90. The van der Waals surface area contributed by atoms with Gasteiger partial charge < -0.3 is 10.2 Å². The smallest absolute Gasteiger partial charge is 0.217 e. The van der Waals surface area contributed by atoms with E-state index in [-0.39, 0.29) is 0 Å². The summed E-state index contributed by atoms with van der Waals surface area (Å²) in [7, 11) is 0. The third-order valence-electron chi connectivity index (χ3n) is 2.44. The van der Waals surface area contributed by atoms with Crippen LogP contribution in [0, 0.1) is 0 Å². The summed E-state index contributed by atoms with van der Waals surface area (Å²) in [6, 6.07) is 11.1. The first-order valence-corrected chi connectivity index (χ1v) is 5.16. The lowest BCUT2D eigenvalue weighted by Gasteiger charge is -1.99. The molecule has 0 radical (unpaired) electrons. The van der Waals surface area contributed by atoms with E-state index in [9.17, 15) is 0 Å². The number of hydrogen-bond donors (Lipinski definition) is 2. The average Bonchev–Trinajstić information content (AvgIpc) is 3.00. The van der Waals surface area contributed by atoms with Gasteiger partial charge >= 0.3 is 0 Å². The van der Waals surface area contributed by atoms with Gasteiger partial charge in [-0.05, 0) is 24.3 Å². The Morgan fingerprint density at radius 2 is 2.00 bits per heavy atom. The molecule has 0 amide bonds. The number of rotatable bonds is 2. The van der Waals surface area contributed by atoms with Crippen molar-refractivity contribution in [3.63, 3.8) is 0 Å². The van der Waals surface area contributed by atoms with Crippen LogP contribution >= 0.6 is 0 Å². The van der Waals surface area contributed by atoms with Gasteiger partial charge in [0, 0.05) is 11.3 Å². The normalized spacial score (nSPS) is 10.6. The molecule has 5 nitrogen and oxygen atoms in total. The summed E-state index contributed by atoms with van der Waals surface area (Å²) in [6.45, 7) is 0. The Morgan fingerprint density at radius 1 is 1.12 bits per heavy atom. The highest BCUT2D eigenvalue weighted by Gasteiger charge is 2.10. The molecule has 0 saturated carbocycles. The molecular formula is C12H10N4O. The van der Waals surface area contributed by atoms with Crippen molar-refractivity contribution in [3.05, 3.63) is 42.7 Å². The number of nitrogens with zero attached hydrogens (tertiary/aromatic N) is 2. The van der Waals surface area contributed by atoms with Gasteiger partial charge in [0.05, 0.1) is 6.26 Å². The molecule has 0 fully saturated rings. The average molecular weight is 226 g/mol. The number of benzene rings is 1. The number of H-pyrrole nitrogens is 1. The van der Waals surface area contributed by atoms with Gasteiger partial charge in [-0.1, -0.05) is 12.1 Å². The first-order chi connectivity index (χ1) is 8.34. The van der Waals surface area contributed by atoms with Crippen LogP contribution < -0.4 is 5.73 Å². The van der Waals surface area contributed by atoms with Crippen molar-refractivity contribution in [2.75, 3.05) is 5.73 Å². The lowest BCUT2D eigenvalue weighted by atomic mass is 10.2. The molecule has 2 aromatic heterocycles. The Labute approximate surface area is 97.3 Å². The minimum absolute atomic E-state index is 0.522. The summed E-state index contributed by atoms with van der Waals surface area (Å²) < 4.78 is 5.22. The second kappa shape index (κ2) is 3.79. The number of para-hydroxylation sites is 1. The first-order valence-electron chi connectivity index (χ1n) is 5.16. The quantitative estimate of drug-likeness (QED) is 0.657. The molecule has 3 N–H and O–H groups in total. The molecule has 0 aliphatic carbocycles. The van der Waals surface area contributed by atoms with Gasteiger partial charge in [0.1, 0.15) is 0 Å². The van der Waals surface area contributed by atoms with Gasteiger partial charge in [-0.2, -0.15) is 0 Å². The molecule has 3 aromatic rings. The Balaban J connectivity index is 2.04. The number of nitrogens with one attached hydrogen (secondary N) is 1. The lowest BCUT2D eigenvalue weighted by molar-refractivity contribution is 0.577. The molecule has 0 unspecified atom stereocenters. The van der Waals surface area contributed by atoms with Gasteiger partial charge in [0.25, 0.3) is 0 Å². The maximum atomic E-state index is 5.87. The van der Waals surface area contributed by atoms with E-state index in [0.29, 0.717) is 23.1 Å². The molecule has 3 rings (SSSR count). The van der Waals surface area contributed by atoms with Crippen LogP contribution in [-0.4, -0.2) is 15.2 Å².